The molecule has 3 aromatic rings. The van der Waals surface area contributed by atoms with Crippen molar-refractivity contribution in [3.8, 4) is 0 Å². The van der Waals surface area contributed by atoms with Gasteiger partial charge in [0.15, 0.2) is 0 Å². The molecule has 0 atom stereocenters. The summed E-state index contributed by atoms with van der Waals surface area (Å²) in [6.07, 6.45) is 1.57. The minimum absolute atomic E-state index is 0.220. The van der Waals surface area contributed by atoms with Crippen LogP contribution in [0, 0.1) is 6.92 Å². The Kier molecular flexibility index (Phi) is 5.11. The maximum absolute atomic E-state index is 13.2. The van der Waals surface area contributed by atoms with Gasteiger partial charge in [0.2, 0.25) is 0 Å². The average molecular weight is 407 g/mol. The van der Waals surface area contributed by atoms with Gasteiger partial charge in [0.25, 0.3) is 15.9 Å². The second-order valence-corrected chi connectivity index (χ2v) is 9.02. The predicted octanol–water partition coefficient (Wildman–Crippen LogP) is 4.39. The van der Waals surface area contributed by atoms with Gasteiger partial charge in [-0.2, -0.15) is 0 Å². The van der Waals surface area contributed by atoms with E-state index in [9.17, 15) is 13.2 Å². The van der Waals surface area contributed by atoms with E-state index < -0.39 is 10.0 Å². The Morgan fingerprint density at radius 3 is 2.52 bits per heavy atom. The third kappa shape index (κ3) is 3.89. The van der Waals surface area contributed by atoms with Crippen molar-refractivity contribution in [3.63, 3.8) is 0 Å². The van der Waals surface area contributed by atoms with Gasteiger partial charge in [0.1, 0.15) is 0 Å². The molecule has 1 amide bonds. The first-order valence-corrected chi connectivity index (χ1v) is 11.0. The molecule has 4 rings (SSSR count). The summed E-state index contributed by atoms with van der Waals surface area (Å²) in [5.41, 5.74) is 3.73. The minimum Gasteiger partial charge on any atom is -0.322 e. The van der Waals surface area contributed by atoms with Gasteiger partial charge in [0.05, 0.1) is 10.6 Å². The highest BCUT2D eigenvalue weighted by molar-refractivity contribution is 7.92. The maximum Gasteiger partial charge on any atom is 0.264 e. The molecule has 1 N–H and O–H groups in total. The van der Waals surface area contributed by atoms with Crippen LogP contribution in [-0.4, -0.2) is 20.9 Å². The van der Waals surface area contributed by atoms with Gasteiger partial charge in [-0.1, -0.05) is 42.0 Å². The number of hydrogen-bond acceptors (Lipinski definition) is 3. The first-order chi connectivity index (χ1) is 13.9. The maximum atomic E-state index is 13.2. The highest BCUT2D eigenvalue weighted by Gasteiger charge is 2.29. The van der Waals surface area contributed by atoms with Crippen LogP contribution in [0.15, 0.2) is 77.7 Å². The van der Waals surface area contributed by atoms with Crippen LogP contribution in [-0.2, 0) is 16.4 Å². The number of fused-ring (bicyclic) bond motifs is 1. The summed E-state index contributed by atoms with van der Waals surface area (Å²) in [6, 6.07) is 21.3. The first-order valence-electron chi connectivity index (χ1n) is 9.54. The molecule has 29 heavy (non-hydrogen) atoms. The van der Waals surface area contributed by atoms with Crippen molar-refractivity contribution in [1.29, 1.82) is 0 Å². The van der Waals surface area contributed by atoms with E-state index in [-0.39, 0.29) is 10.8 Å². The van der Waals surface area contributed by atoms with Gasteiger partial charge >= 0.3 is 0 Å². The van der Waals surface area contributed by atoms with E-state index in [0.29, 0.717) is 23.5 Å². The van der Waals surface area contributed by atoms with Crippen molar-refractivity contribution in [3.05, 3.63) is 89.5 Å². The zero-order chi connectivity index (χ0) is 20.4. The molecule has 5 nitrogen and oxygen atoms in total. The molecule has 1 aliphatic rings. The number of benzene rings is 3. The van der Waals surface area contributed by atoms with E-state index in [1.807, 2.05) is 37.3 Å². The summed E-state index contributed by atoms with van der Waals surface area (Å²) in [6.45, 7) is 2.35. The molecule has 0 aromatic heterocycles. The van der Waals surface area contributed by atoms with Gasteiger partial charge in [-0.05, 0) is 61.7 Å². The number of carbonyl (C=O) groups is 1. The normalized spacial score (nSPS) is 13.6. The summed E-state index contributed by atoms with van der Waals surface area (Å²) in [5, 5.41) is 2.89. The monoisotopic (exact) mass is 406 g/mol. The van der Waals surface area contributed by atoms with Crippen molar-refractivity contribution in [2.45, 2.75) is 24.7 Å². The quantitative estimate of drug-likeness (QED) is 0.699. The van der Waals surface area contributed by atoms with E-state index in [1.54, 1.807) is 42.5 Å². The van der Waals surface area contributed by atoms with Crippen molar-refractivity contribution >= 4 is 27.3 Å². The predicted molar refractivity (Wildman–Crippen MR) is 115 cm³/mol. The van der Waals surface area contributed by atoms with Gasteiger partial charge in [-0.15, -0.1) is 0 Å². The smallest absolute Gasteiger partial charge is 0.264 e. The first kappa shape index (κ1) is 19.2. The zero-order valence-corrected chi connectivity index (χ0v) is 16.9. The molecule has 0 fully saturated rings. The Morgan fingerprint density at radius 2 is 1.76 bits per heavy atom. The van der Waals surface area contributed by atoms with E-state index in [2.05, 4.69) is 5.32 Å². The number of hydrogen-bond donors (Lipinski definition) is 1. The van der Waals surface area contributed by atoms with Crippen LogP contribution in [0.5, 0.6) is 0 Å². The number of sulfonamides is 1. The summed E-state index contributed by atoms with van der Waals surface area (Å²) < 4.78 is 27.8. The van der Waals surface area contributed by atoms with Crippen LogP contribution in [0.1, 0.15) is 27.9 Å². The fourth-order valence-corrected chi connectivity index (χ4v) is 5.13. The molecule has 148 valence electrons. The van der Waals surface area contributed by atoms with Crippen LogP contribution < -0.4 is 9.62 Å². The number of rotatable bonds is 4. The average Bonchev–Trinajstić information content (AvgIpc) is 2.74. The van der Waals surface area contributed by atoms with Crippen LogP contribution in [0.4, 0.5) is 11.4 Å². The summed E-state index contributed by atoms with van der Waals surface area (Å²) >= 11 is 0. The van der Waals surface area contributed by atoms with E-state index in [4.69, 9.17) is 0 Å². The summed E-state index contributed by atoms with van der Waals surface area (Å²) in [4.78, 5) is 12.9. The van der Waals surface area contributed by atoms with E-state index >= 15 is 0 Å². The largest absolute Gasteiger partial charge is 0.322 e. The molecule has 0 spiro atoms. The molecule has 3 aromatic carbocycles. The summed E-state index contributed by atoms with van der Waals surface area (Å²) in [7, 11) is -3.66. The highest BCUT2D eigenvalue weighted by Crippen LogP contribution is 2.34. The molecule has 0 saturated heterocycles. The van der Waals surface area contributed by atoms with Crippen molar-refractivity contribution in [2.24, 2.45) is 0 Å². The van der Waals surface area contributed by atoms with E-state index in [0.717, 1.165) is 24.0 Å². The third-order valence-electron chi connectivity index (χ3n) is 5.03. The van der Waals surface area contributed by atoms with Crippen molar-refractivity contribution < 1.29 is 13.2 Å². The third-order valence-corrected chi connectivity index (χ3v) is 6.86. The second-order valence-electron chi connectivity index (χ2n) is 7.16. The number of anilines is 2. The molecule has 0 aliphatic carbocycles. The Morgan fingerprint density at radius 1 is 0.966 bits per heavy atom. The van der Waals surface area contributed by atoms with Crippen molar-refractivity contribution in [2.75, 3.05) is 16.2 Å². The number of nitrogens with zero attached hydrogens (tertiary/aromatic N) is 1. The fourth-order valence-electron chi connectivity index (χ4n) is 3.58. The molecule has 1 heterocycles. The Hall–Kier alpha value is -3.12. The Labute approximate surface area is 171 Å². The topological polar surface area (TPSA) is 66.5 Å². The Bertz CT molecular complexity index is 1160. The molecule has 0 bridgehead atoms. The number of carbonyl (C=O) groups excluding carboxylic acids is 1. The van der Waals surface area contributed by atoms with Gasteiger partial charge in [-0.3, -0.25) is 9.10 Å². The fraction of sp³-hybridized carbons (Fsp3) is 0.174. The molecular weight excluding hydrogens is 384 g/mol. The second kappa shape index (κ2) is 7.72. The molecule has 0 saturated carbocycles. The van der Waals surface area contributed by atoms with Crippen LogP contribution in [0.2, 0.25) is 0 Å². The Balaban J connectivity index is 1.66. The number of amides is 1. The lowest BCUT2D eigenvalue weighted by Crippen LogP contribution is -2.35. The number of nitrogens with one attached hydrogen (secondary N) is 1. The van der Waals surface area contributed by atoms with Crippen LogP contribution >= 0.6 is 0 Å². The molecular formula is C23H22N2O3S. The van der Waals surface area contributed by atoms with E-state index in [1.165, 1.54) is 4.31 Å². The minimum atomic E-state index is -3.66. The number of aryl methyl sites for hydroxylation is 2. The molecule has 1 aliphatic heterocycles. The van der Waals surface area contributed by atoms with Gasteiger partial charge in [-0.25, -0.2) is 8.42 Å². The molecule has 6 heteroatoms. The molecule has 0 unspecified atom stereocenters. The lowest BCUT2D eigenvalue weighted by atomic mass is 10.0. The lowest BCUT2D eigenvalue weighted by molar-refractivity contribution is 0.102. The van der Waals surface area contributed by atoms with Crippen LogP contribution in [0.3, 0.4) is 0 Å². The zero-order valence-electron chi connectivity index (χ0n) is 16.1. The molecule has 0 radical (unpaired) electrons. The van der Waals surface area contributed by atoms with Crippen LogP contribution in [0.25, 0.3) is 0 Å². The SMILES string of the molecule is Cc1cccc(C(=O)Nc2ccc3c(c2)N(S(=O)(=O)c2ccccc2)CCC3)c1. The lowest BCUT2D eigenvalue weighted by Gasteiger charge is -2.31. The van der Waals surface area contributed by atoms with Gasteiger partial charge in [0, 0.05) is 17.8 Å². The van der Waals surface area contributed by atoms with Gasteiger partial charge < -0.3 is 5.32 Å². The standard InChI is InChI=1S/C23H22N2O3S/c1-17-7-5-8-19(15-17)23(26)24-20-13-12-18-9-6-14-25(22(18)16-20)29(27,28)21-10-3-2-4-11-21/h2-5,7-8,10-13,15-16H,6,9,14H2,1H3,(H,24,26). The van der Waals surface area contributed by atoms with Crippen molar-refractivity contribution in [1.82, 2.24) is 0 Å². The highest BCUT2D eigenvalue weighted by atomic mass is 32.2. The summed E-state index contributed by atoms with van der Waals surface area (Å²) in [5.74, 6) is -0.220.